The summed E-state index contributed by atoms with van der Waals surface area (Å²) < 4.78 is 3.64. The molecule has 0 aliphatic rings. The van der Waals surface area contributed by atoms with Gasteiger partial charge in [0.25, 0.3) is 0 Å². The minimum Gasteiger partial charge on any atom is -0.330 e. The molecular weight excluding hydrogens is 332 g/mol. The van der Waals surface area contributed by atoms with Crippen LogP contribution in [-0.2, 0) is 0 Å². The van der Waals surface area contributed by atoms with Crippen LogP contribution in [-0.4, -0.2) is 9.55 Å². The summed E-state index contributed by atoms with van der Waals surface area (Å²) in [6.07, 6.45) is 0. The van der Waals surface area contributed by atoms with Crippen LogP contribution in [0.3, 0.4) is 0 Å². The predicted octanol–water partition coefficient (Wildman–Crippen LogP) is 5.10. The molecule has 0 atom stereocenters. The molecule has 0 fully saturated rings. The van der Waals surface area contributed by atoms with Crippen molar-refractivity contribution in [1.29, 1.82) is 0 Å². The van der Waals surface area contributed by atoms with Gasteiger partial charge in [-0.1, -0.05) is 33.6 Å². The van der Waals surface area contributed by atoms with Gasteiger partial charge in [-0.05, 0) is 48.6 Å². The Morgan fingerprint density at radius 2 is 2.00 bits per heavy atom. The molecule has 3 aromatic rings. The second kappa shape index (κ2) is 4.53. The van der Waals surface area contributed by atoms with E-state index in [4.69, 9.17) is 23.8 Å². The standard InChI is InChI=1S/C13H8BrClN2S/c14-8-2-1-3-10(6-8)17-12-7-9(15)4-5-11(12)16-13(17)18/h1-7H,(H,16,18). The molecular formula is C13H8BrClN2S. The molecule has 1 heterocycles. The number of fused-ring (bicyclic) bond motifs is 1. The number of H-pyrrole nitrogens is 1. The minimum atomic E-state index is 0.658. The van der Waals surface area contributed by atoms with Gasteiger partial charge in [-0.3, -0.25) is 4.57 Å². The molecule has 18 heavy (non-hydrogen) atoms. The average molecular weight is 340 g/mol. The lowest BCUT2D eigenvalue weighted by Gasteiger charge is -2.05. The average Bonchev–Trinajstić information content (AvgIpc) is 2.64. The third-order valence-electron chi connectivity index (χ3n) is 2.71. The van der Waals surface area contributed by atoms with Gasteiger partial charge in [0, 0.05) is 15.2 Å². The Balaban J connectivity index is 2.38. The highest BCUT2D eigenvalue weighted by atomic mass is 79.9. The lowest BCUT2D eigenvalue weighted by Crippen LogP contribution is -1.93. The van der Waals surface area contributed by atoms with Crippen molar-refractivity contribution in [3.8, 4) is 5.69 Å². The Hall–Kier alpha value is -1.10. The Kier molecular flexibility index (Phi) is 3.01. The summed E-state index contributed by atoms with van der Waals surface area (Å²) >= 11 is 14.9. The summed E-state index contributed by atoms with van der Waals surface area (Å²) in [7, 11) is 0. The van der Waals surface area contributed by atoms with E-state index in [1.807, 2.05) is 47.0 Å². The van der Waals surface area contributed by atoms with E-state index in [0.717, 1.165) is 21.2 Å². The first kappa shape index (κ1) is 12.0. The van der Waals surface area contributed by atoms with E-state index in [9.17, 15) is 0 Å². The maximum Gasteiger partial charge on any atom is 0.182 e. The molecule has 0 radical (unpaired) electrons. The number of rotatable bonds is 1. The molecule has 2 nitrogen and oxygen atoms in total. The van der Waals surface area contributed by atoms with Crippen LogP contribution in [0.5, 0.6) is 0 Å². The molecule has 0 saturated carbocycles. The van der Waals surface area contributed by atoms with Crippen molar-refractivity contribution in [2.24, 2.45) is 0 Å². The summed E-state index contributed by atoms with van der Waals surface area (Å²) in [6.45, 7) is 0. The van der Waals surface area contributed by atoms with Gasteiger partial charge in [0.15, 0.2) is 4.77 Å². The first-order valence-electron chi connectivity index (χ1n) is 5.31. The van der Waals surface area contributed by atoms with Crippen LogP contribution >= 0.6 is 39.7 Å². The Morgan fingerprint density at radius 1 is 1.17 bits per heavy atom. The van der Waals surface area contributed by atoms with Crippen molar-refractivity contribution in [2.45, 2.75) is 0 Å². The largest absolute Gasteiger partial charge is 0.330 e. The van der Waals surface area contributed by atoms with Gasteiger partial charge in [0.05, 0.1) is 11.0 Å². The first-order chi connectivity index (χ1) is 8.65. The molecule has 5 heteroatoms. The fraction of sp³-hybridized carbons (Fsp3) is 0. The third kappa shape index (κ3) is 2.00. The summed E-state index contributed by atoms with van der Waals surface area (Å²) in [5.74, 6) is 0. The molecule has 0 spiro atoms. The van der Waals surface area contributed by atoms with E-state index in [2.05, 4.69) is 20.9 Å². The number of imidazole rings is 1. The normalized spacial score (nSPS) is 11.0. The van der Waals surface area contributed by atoms with Crippen LogP contribution < -0.4 is 0 Å². The van der Waals surface area contributed by atoms with E-state index < -0.39 is 0 Å². The quantitative estimate of drug-likeness (QED) is 0.611. The molecule has 0 unspecified atom stereocenters. The second-order valence-electron chi connectivity index (χ2n) is 3.91. The Labute approximate surface area is 122 Å². The van der Waals surface area contributed by atoms with E-state index in [1.165, 1.54) is 0 Å². The molecule has 0 aliphatic heterocycles. The molecule has 3 rings (SSSR count). The van der Waals surface area contributed by atoms with Crippen LogP contribution in [0, 0.1) is 4.77 Å². The molecule has 90 valence electrons. The predicted molar refractivity (Wildman–Crippen MR) is 81.2 cm³/mol. The van der Waals surface area contributed by atoms with Crippen LogP contribution in [0.2, 0.25) is 5.02 Å². The maximum absolute atomic E-state index is 6.05. The Bertz CT molecular complexity index is 791. The van der Waals surface area contributed by atoms with Crippen molar-refractivity contribution in [3.63, 3.8) is 0 Å². The van der Waals surface area contributed by atoms with Gasteiger partial charge in [-0.25, -0.2) is 0 Å². The number of hydrogen-bond acceptors (Lipinski definition) is 1. The SMILES string of the molecule is S=c1[nH]c2ccc(Cl)cc2n1-c1cccc(Br)c1. The highest BCUT2D eigenvalue weighted by Gasteiger charge is 2.07. The maximum atomic E-state index is 6.05. The number of aromatic nitrogens is 2. The number of aromatic amines is 1. The van der Waals surface area contributed by atoms with E-state index in [-0.39, 0.29) is 0 Å². The monoisotopic (exact) mass is 338 g/mol. The van der Waals surface area contributed by atoms with Crippen LogP contribution in [0.4, 0.5) is 0 Å². The van der Waals surface area contributed by atoms with Crippen molar-refractivity contribution in [2.75, 3.05) is 0 Å². The first-order valence-corrected chi connectivity index (χ1v) is 6.89. The molecule has 0 saturated heterocycles. The molecule has 2 aromatic carbocycles. The minimum absolute atomic E-state index is 0.658. The zero-order valence-electron chi connectivity index (χ0n) is 9.15. The topological polar surface area (TPSA) is 20.7 Å². The van der Waals surface area contributed by atoms with Crippen molar-refractivity contribution >= 4 is 50.8 Å². The highest BCUT2D eigenvalue weighted by molar-refractivity contribution is 9.10. The lowest BCUT2D eigenvalue weighted by molar-refractivity contribution is 1.06. The van der Waals surface area contributed by atoms with E-state index in [0.29, 0.717) is 9.79 Å². The molecule has 1 N–H and O–H groups in total. The van der Waals surface area contributed by atoms with E-state index in [1.54, 1.807) is 0 Å². The number of nitrogens with zero attached hydrogens (tertiary/aromatic N) is 1. The summed E-state index contributed by atoms with van der Waals surface area (Å²) in [4.78, 5) is 3.18. The summed E-state index contributed by atoms with van der Waals surface area (Å²) in [5.41, 5.74) is 2.96. The Morgan fingerprint density at radius 3 is 2.78 bits per heavy atom. The molecule has 1 aromatic heterocycles. The fourth-order valence-electron chi connectivity index (χ4n) is 1.95. The second-order valence-corrected chi connectivity index (χ2v) is 5.65. The highest BCUT2D eigenvalue weighted by Crippen LogP contribution is 2.24. The summed E-state index contributed by atoms with van der Waals surface area (Å²) in [5, 5.41) is 0.695. The molecule has 0 bridgehead atoms. The van der Waals surface area contributed by atoms with Gasteiger partial charge in [0.1, 0.15) is 0 Å². The van der Waals surface area contributed by atoms with Crippen molar-refractivity contribution in [1.82, 2.24) is 9.55 Å². The van der Waals surface area contributed by atoms with Gasteiger partial charge in [0.2, 0.25) is 0 Å². The van der Waals surface area contributed by atoms with Crippen molar-refractivity contribution in [3.05, 3.63) is 56.7 Å². The zero-order chi connectivity index (χ0) is 12.7. The lowest BCUT2D eigenvalue weighted by atomic mass is 10.3. The summed E-state index contributed by atoms with van der Waals surface area (Å²) in [6, 6.07) is 13.7. The zero-order valence-corrected chi connectivity index (χ0v) is 12.3. The molecule has 0 amide bonds. The van der Waals surface area contributed by atoms with E-state index >= 15 is 0 Å². The number of halogens is 2. The smallest absolute Gasteiger partial charge is 0.182 e. The molecule has 0 aliphatic carbocycles. The fourth-order valence-corrected chi connectivity index (χ4v) is 2.81. The van der Waals surface area contributed by atoms with Gasteiger partial charge in [-0.2, -0.15) is 0 Å². The van der Waals surface area contributed by atoms with Crippen LogP contribution in [0.1, 0.15) is 0 Å². The van der Waals surface area contributed by atoms with Crippen LogP contribution in [0.25, 0.3) is 16.7 Å². The number of nitrogens with one attached hydrogen (secondary N) is 1. The number of hydrogen-bond donors (Lipinski definition) is 1. The van der Waals surface area contributed by atoms with Gasteiger partial charge >= 0.3 is 0 Å². The van der Waals surface area contributed by atoms with Crippen LogP contribution in [0.15, 0.2) is 46.9 Å². The van der Waals surface area contributed by atoms with Gasteiger partial charge < -0.3 is 4.98 Å². The van der Waals surface area contributed by atoms with Crippen molar-refractivity contribution < 1.29 is 0 Å². The third-order valence-corrected chi connectivity index (χ3v) is 3.72. The van der Waals surface area contributed by atoms with Gasteiger partial charge in [-0.15, -0.1) is 0 Å². The number of benzene rings is 2.